The number of hydrogen-bond acceptors (Lipinski definition) is 1. The zero-order valence-electron chi connectivity index (χ0n) is 5.57. The summed E-state index contributed by atoms with van der Waals surface area (Å²) in [4.78, 5) is 3.08. The molecule has 0 heterocycles. The molecule has 0 spiro atoms. The Balaban J connectivity index is 3.93. The van der Waals surface area contributed by atoms with Gasteiger partial charge in [-0.25, -0.2) is 0 Å². The number of aliphatic imine (C=N–C) groups is 1. The summed E-state index contributed by atoms with van der Waals surface area (Å²) in [7, 11) is 0. The van der Waals surface area contributed by atoms with Gasteiger partial charge in [0.1, 0.15) is 0 Å². The predicted molar refractivity (Wildman–Crippen MR) is 32.8 cm³/mol. The summed E-state index contributed by atoms with van der Waals surface area (Å²) in [5.41, 5.74) is 4.56. The molecule has 0 radical (unpaired) electrons. The summed E-state index contributed by atoms with van der Waals surface area (Å²) >= 11 is 0. The van der Waals surface area contributed by atoms with Crippen LogP contribution in [0.4, 0.5) is 13.2 Å². The molecule has 0 aromatic heterocycles. The van der Waals surface area contributed by atoms with E-state index in [-0.39, 0.29) is 6.54 Å². The minimum Gasteiger partial charge on any atom is -0.380 e. The van der Waals surface area contributed by atoms with Gasteiger partial charge in [-0.15, -0.1) is 0 Å². The molecule has 0 aromatic rings. The van der Waals surface area contributed by atoms with Gasteiger partial charge in [0.15, 0.2) is 0 Å². The van der Waals surface area contributed by atoms with Crippen LogP contribution in [-0.4, -0.2) is 18.6 Å². The van der Waals surface area contributed by atoms with E-state index in [1.54, 1.807) is 6.92 Å². The number of amidine groups is 1. The molecule has 2 N–H and O–H groups in total. The van der Waals surface area contributed by atoms with E-state index in [4.69, 9.17) is 0 Å². The minimum atomic E-state index is -4.46. The van der Waals surface area contributed by atoms with Crippen LogP contribution in [0.5, 0.6) is 0 Å². The number of nitrogens with zero attached hydrogens (tertiary/aromatic N) is 1. The first-order valence-corrected chi connectivity index (χ1v) is 2.85. The quantitative estimate of drug-likeness (QED) is 0.472. The van der Waals surface area contributed by atoms with Crippen molar-refractivity contribution in [3.05, 3.63) is 0 Å². The van der Waals surface area contributed by atoms with Gasteiger partial charge in [-0.1, -0.05) is 6.92 Å². The first-order valence-electron chi connectivity index (χ1n) is 2.85. The zero-order chi connectivity index (χ0) is 8.20. The molecule has 0 atom stereocenters. The minimum absolute atomic E-state index is 0.130. The molecule has 0 fully saturated rings. The Bertz CT molecular complexity index is 127. The van der Waals surface area contributed by atoms with Gasteiger partial charge in [-0.05, 0) is 6.42 Å². The second-order valence-electron chi connectivity index (χ2n) is 1.76. The van der Waals surface area contributed by atoms with Crippen molar-refractivity contribution < 1.29 is 13.2 Å². The number of alkyl halides is 3. The zero-order valence-corrected chi connectivity index (χ0v) is 5.57. The van der Waals surface area contributed by atoms with Gasteiger partial charge in [-0.3, -0.25) is 4.99 Å². The molecule has 0 aliphatic rings. The lowest BCUT2D eigenvalue weighted by atomic mass is 10.5. The number of rotatable bonds is 2. The van der Waals surface area contributed by atoms with E-state index in [9.17, 15) is 13.2 Å². The maximum absolute atomic E-state index is 11.5. The lowest BCUT2D eigenvalue weighted by Crippen LogP contribution is -2.31. The third-order valence-corrected chi connectivity index (χ3v) is 0.796. The van der Waals surface area contributed by atoms with Crippen LogP contribution in [0.25, 0.3) is 0 Å². The Morgan fingerprint density at radius 3 is 2.30 bits per heavy atom. The topological polar surface area (TPSA) is 38.4 Å². The molecule has 5 heteroatoms. The summed E-state index contributed by atoms with van der Waals surface area (Å²) in [5, 5.41) is 0. The molecule has 0 aliphatic heterocycles. The van der Waals surface area contributed by atoms with Crippen molar-refractivity contribution in [2.24, 2.45) is 10.7 Å². The van der Waals surface area contributed by atoms with E-state index in [1.807, 2.05) is 0 Å². The van der Waals surface area contributed by atoms with Gasteiger partial charge in [0.2, 0.25) is 5.84 Å². The van der Waals surface area contributed by atoms with Crippen LogP contribution in [0.2, 0.25) is 0 Å². The second kappa shape index (κ2) is 3.43. The van der Waals surface area contributed by atoms with E-state index in [0.29, 0.717) is 6.42 Å². The standard InChI is InChI=1S/C5H9F3N2/c1-2-3-10-4(9)5(6,7)8/h2-3H2,1H3,(H2,9,10). The lowest BCUT2D eigenvalue weighted by molar-refractivity contribution is -0.0600. The van der Waals surface area contributed by atoms with Gasteiger partial charge in [-0.2, -0.15) is 13.2 Å². The van der Waals surface area contributed by atoms with Gasteiger partial charge in [0.25, 0.3) is 0 Å². The molecule has 0 aliphatic carbocycles. The van der Waals surface area contributed by atoms with E-state index in [1.165, 1.54) is 0 Å². The van der Waals surface area contributed by atoms with E-state index in [2.05, 4.69) is 10.7 Å². The summed E-state index contributed by atoms with van der Waals surface area (Å²) in [5.74, 6) is -1.24. The first-order chi connectivity index (χ1) is 4.48. The van der Waals surface area contributed by atoms with E-state index < -0.39 is 12.0 Å². The Hall–Kier alpha value is -0.740. The summed E-state index contributed by atoms with van der Waals surface area (Å²) < 4.78 is 34.6. The molecule has 2 nitrogen and oxygen atoms in total. The highest BCUT2D eigenvalue weighted by atomic mass is 19.4. The Morgan fingerprint density at radius 2 is 2.00 bits per heavy atom. The molecule has 60 valence electrons. The average molecular weight is 154 g/mol. The summed E-state index contributed by atoms with van der Waals surface area (Å²) in [6, 6.07) is 0. The van der Waals surface area contributed by atoms with Crippen molar-refractivity contribution in [3.63, 3.8) is 0 Å². The van der Waals surface area contributed by atoms with E-state index >= 15 is 0 Å². The monoisotopic (exact) mass is 154 g/mol. The van der Waals surface area contributed by atoms with E-state index in [0.717, 1.165) is 0 Å². The Labute approximate surface area is 56.9 Å². The summed E-state index contributed by atoms with van der Waals surface area (Å²) in [6.45, 7) is 1.86. The molecule has 0 saturated carbocycles. The van der Waals surface area contributed by atoms with Crippen LogP contribution in [0.3, 0.4) is 0 Å². The van der Waals surface area contributed by atoms with Crippen molar-refractivity contribution >= 4 is 5.84 Å². The molecule has 0 unspecified atom stereocenters. The largest absolute Gasteiger partial charge is 0.448 e. The summed E-state index contributed by atoms with van der Waals surface area (Å²) in [6.07, 6.45) is -3.90. The number of halogens is 3. The third kappa shape index (κ3) is 3.32. The molecule has 0 amide bonds. The smallest absolute Gasteiger partial charge is 0.380 e. The van der Waals surface area contributed by atoms with Gasteiger partial charge < -0.3 is 5.73 Å². The van der Waals surface area contributed by atoms with Gasteiger partial charge >= 0.3 is 6.18 Å². The third-order valence-electron chi connectivity index (χ3n) is 0.796. The fraction of sp³-hybridized carbons (Fsp3) is 0.800. The number of hydrogen-bond donors (Lipinski definition) is 1. The maximum Gasteiger partial charge on any atom is 0.448 e. The average Bonchev–Trinajstić information content (AvgIpc) is 1.80. The van der Waals surface area contributed by atoms with Crippen molar-refractivity contribution in [3.8, 4) is 0 Å². The fourth-order valence-electron chi connectivity index (χ4n) is 0.322. The normalized spacial score (nSPS) is 13.8. The highest BCUT2D eigenvalue weighted by molar-refractivity contribution is 5.85. The van der Waals surface area contributed by atoms with Gasteiger partial charge in [0.05, 0.1) is 0 Å². The van der Waals surface area contributed by atoms with Crippen LogP contribution in [0.15, 0.2) is 4.99 Å². The lowest BCUT2D eigenvalue weighted by Gasteiger charge is -2.03. The molecule has 0 bridgehead atoms. The highest BCUT2D eigenvalue weighted by Gasteiger charge is 2.32. The van der Waals surface area contributed by atoms with Gasteiger partial charge in [0, 0.05) is 6.54 Å². The van der Waals surface area contributed by atoms with Crippen LogP contribution in [0.1, 0.15) is 13.3 Å². The van der Waals surface area contributed by atoms with Crippen LogP contribution >= 0.6 is 0 Å². The SMILES string of the molecule is CCCN=C(N)C(F)(F)F. The van der Waals surface area contributed by atoms with Crippen molar-refractivity contribution in [1.82, 2.24) is 0 Å². The Morgan fingerprint density at radius 1 is 1.50 bits per heavy atom. The fourth-order valence-corrected chi connectivity index (χ4v) is 0.322. The Kier molecular flexibility index (Phi) is 3.18. The van der Waals surface area contributed by atoms with Crippen LogP contribution in [0, 0.1) is 0 Å². The first kappa shape index (κ1) is 9.26. The predicted octanol–water partition coefficient (Wildman–Crippen LogP) is 1.32. The number of nitrogens with two attached hydrogens (primary N) is 1. The van der Waals surface area contributed by atoms with Crippen molar-refractivity contribution in [2.45, 2.75) is 19.5 Å². The second-order valence-corrected chi connectivity index (χ2v) is 1.76. The molecule has 0 aromatic carbocycles. The van der Waals surface area contributed by atoms with Crippen molar-refractivity contribution in [1.29, 1.82) is 0 Å². The van der Waals surface area contributed by atoms with Crippen molar-refractivity contribution in [2.75, 3.05) is 6.54 Å². The maximum atomic E-state index is 11.5. The molecule has 0 rings (SSSR count). The highest BCUT2D eigenvalue weighted by Crippen LogP contribution is 2.13. The molecular weight excluding hydrogens is 145 g/mol. The van der Waals surface area contributed by atoms with Crippen LogP contribution in [-0.2, 0) is 0 Å². The van der Waals surface area contributed by atoms with Crippen LogP contribution < -0.4 is 5.73 Å². The molecule has 10 heavy (non-hydrogen) atoms. The molecule has 0 saturated heterocycles. The molecular formula is C5H9F3N2.